The smallest absolute Gasteiger partial charge is 0.338 e. The molecule has 0 bridgehead atoms. The molecule has 2 heterocycles. The number of nitrogens with zero attached hydrogens (tertiary/aromatic N) is 3. The zero-order valence-electron chi connectivity index (χ0n) is 18.2. The summed E-state index contributed by atoms with van der Waals surface area (Å²) in [5.74, 6) is -0.183. The van der Waals surface area contributed by atoms with Gasteiger partial charge in [-0.15, -0.1) is 16.4 Å². The minimum absolute atomic E-state index is 0.233. The number of carbonyl (C=O) groups is 2. The Kier molecular flexibility index (Phi) is 6.64. The normalized spacial score (nSPS) is 15.4. The maximum atomic E-state index is 13.0. The van der Waals surface area contributed by atoms with Crippen LogP contribution in [0.2, 0.25) is 0 Å². The predicted octanol–water partition coefficient (Wildman–Crippen LogP) is 3.57. The summed E-state index contributed by atoms with van der Waals surface area (Å²) in [6.45, 7) is 4.39. The van der Waals surface area contributed by atoms with Crippen molar-refractivity contribution >= 4 is 39.1 Å². The number of anilines is 1. The van der Waals surface area contributed by atoms with Crippen LogP contribution in [0.25, 0.3) is 10.2 Å². The molecule has 1 atom stereocenters. The molecule has 0 saturated carbocycles. The second-order valence-electron chi connectivity index (χ2n) is 8.20. The second kappa shape index (κ2) is 9.60. The Labute approximate surface area is 189 Å². The van der Waals surface area contributed by atoms with E-state index in [0.29, 0.717) is 34.0 Å². The molecule has 0 saturated heterocycles. The van der Waals surface area contributed by atoms with Gasteiger partial charge in [-0.1, -0.05) is 25.5 Å². The zero-order valence-corrected chi connectivity index (χ0v) is 19.0. The summed E-state index contributed by atoms with van der Waals surface area (Å²) < 4.78 is 6.29. The van der Waals surface area contributed by atoms with Gasteiger partial charge in [0.15, 0.2) is 4.83 Å². The largest absolute Gasteiger partial charge is 0.462 e. The fraction of sp³-hybridized carbons (Fsp3) is 0.435. The van der Waals surface area contributed by atoms with Gasteiger partial charge in [0.25, 0.3) is 5.56 Å². The second-order valence-corrected chi connectivity index (χ2v) is 9.28. The van der Waals surface area contributed by atoms with Crippen molar-refractivity contribution in [1.29, 1.82) is 0 Å². The van der Waals surface area contributed by atoms with Crippen LogP contribution < -0.4 is 10.9 Å². The van der Waals surface area contributed by atoms with Crippen LogP contribution in [0.5, 0.6) is 0 Å². The Balaban J connectivity index is 1.43. The molecule has 2 aromatic heterocycles. The number of unbranched alkanes of at least 4 members (excludes halogenated alkanes) is 1. The van der Waals surface area contributed by atoms with Crippen LogP contribution in [0, 0.1) is 5.92 Å². The lowest BCUT2D eigenvalue weighted by atomic mass is 9.89. The van der Waals surface area contributed by atoms with Crippen molar-refractivity contribution in [3.05, 3.63) is 50.6 Å². The highest BCUT2D eigenvalue weighted by molar-refractivity contribution is 7.18. The molecule has 0 spiro atoms. The summed E-state index contributed by atoms with van der Waals surface area (Å²) in [5.41, 5.74) is 1.73. The highest BCUT2D eigenvalue weighted by Gasteiger charge is 2.24. The van der Waals surface area contributed by atoms with Crippen LogP contribution in [0.15, 0.2) is 29.1 Å². The SMILES string of the molecule is CCCCOC(=O)c1ccc(NC(=O)Cn2nnc3sc4c(c3c2=O)CC[C@H](C)C4)cc1. The van der Waals surface area contributed by atoms with Gasteiger partial charge >= 0.3 is 5.97 Å². The number of aromatic nitrogens is 3. The van der Waals surface area contributed by atoms with Crippen LogP contribution in [-0.2, 0) is 28.9 Å². The van der Waals surface area contributed by atoms with Crippen molar-refractivity contribution in [2.75, 3.05) is 11.9 Å². The molecule has 9 heteroatoms. The molecule has 1 N–H and O–H groups in total. The third-order valence-electron chi connectivity index (χ3n) is 5.61. The first-order valence-electron chi connectivity index (χ1n) is 10.9. The third kappa shape index (κ3) is 4.72. The predicted molar refractivity (Wildman–Crippen MR) is 123 cm³/mol. The number of thiophene rings is 1. The summed E-state index contributed by atoms with van der Waals surface area (Å²) in [4.78, 5) is 39.3. The number of ether oxygens (including phenoxy) is 1. The minimum atomic E-state index is -0.392. The standard InChI is InChI=1S/C23H26N4O4S/c1-3-4-11-31-23(30)15-6-8-16(9-7-15)24-19(28)13-27-22(29)20-17-10-5-14(2)12-18(17)32-21(20)25-26-27/h6-9,14H,3-5,10-13H2,1-2H3,(H,24,28)/t14-/m0/s1. The molecule has 0 radical (unpaired) electrons. The monoisotopic (exact) mass is 454 g/mol. The Hall–Kier alpha value is -3.07. The van der Waals surface area contributed by atoms with E-state index in [1.165, 1.54) is 16.2 Å². The van der Waals surface area contributed by atoms with Crippen molar-refractivity contribution in [3.8, 4) is 0 Å². The number of benzene rings is 1. The van der Waals surface area contributed by atoms with Crippen molar-refractivity contribution in [2.24, 2.45) is 5.92 Å². The fourth-order valence-electron chi connectivity index (χ4n) is 3.81. The lowest BCUT2D eigenvalue weighted by Gasteiger charge is -2.17. The van der Waals surface area contributed by atoms with Crippen molar-refractivity contribution < 1.29 is 14.3 Å². The van der Waals surface area contributed by atoms with E-state index < -0.39 is 5.91 Å². The van der Waals surface area contributed by atoms with Gasteiger partial charge in [0.1, 0.15) is 6.54 Å². The summed E-state index contributed by atoms with van der Waals surface area (Å²) in [7, 11) is 0. The van der Waals surface area contributed by atoms with Crippen molar-refractivity contribution in [2.45, 2.75) is 52.5 Å². The fourth-order valence-corrected chi connectivity index (χ4v) is 5.13. The maximum Gasteiger partial charge on any atom is 0.338 e. The number of esters is 1. The van der Waals surface area contributed by atoms with Crippen molar-refractivity contribution in [3.63, 3.8) is 0 Å². The number of nitrogens with one attached hydrogen (secondary N) is 1. The Morgan fingerprint density at radius 2 is 2.06 bits per heavy atom. The first kappa shape index (κ1) is 22.1. The van der Waals surface area contributed by atoms with E-state index in [-0.39, 0.29) is 18.1 Å². The number of fused-ring (bicyclic) bond motifs is 3. The van der Waals surface area contributed by atoms with E-state index in [0.717, 1.165) is 42.3 Å². The molecule has 4 rings (SSSR count). The third-order valence-corrected chi connectivity index (χ3v) is 6.75. The van der Waals surface area contributed by atoms with Gasteiger partial charge < -0.3 is 10.1 Å². The lowest BCUT2D eigenvalue weighted by Crippen LogP contribution is -2.30. The molecule has 0 fully saturated rings. The first-order valence-corrected chi connectivity index (χ1v) is 11.7. The lowest BCUT2D eigenvalue weighted by molar-refractivity contribution is -0.117. The van der Waals surface area contributed by atoms with Crippen LogP contribution in [0.1, 0.15) is 53.9 Å². The molecular formula is C23H26N4O4S. The Morgan fingerprint density at radius 3 is 2.81 bits per heavy atom. The highest BCUT2D eigenvalue weighted by atomic mass is 32.1. The van der Waals surface area contributed by atoms with Crippen LogP contribution >= 0.6 is 11.3 Å². The van der Waals surface area contributed by atoms with E-state index in [9.17, 15) is 14.4 Å². The molecule has 1 amide bonds. The first-order chi connectivity index (χ1) is 15.5. The van der Waals surface area contributed by atoms with Gasteiger partial charge in [-0.3, -0.25) is 9.59 Å². The van der Waals surface area contributed by atoms with Crippen LogP contribution in [0.4, 0.5) is 5.69 Å². The number of aryl methyl sites for hydroxylation is 1. The molecule has 3 aromatic rings. The van der Waals surface area contributed by atoms with Crippen LogP contribution in [0.3, 0.4) is 0 Å². The van der Waals surface area contributed by atoms with Gasteiger partial charge in [0, 0.05) is 10.6 Å². The summed E-state index contributed by atoms with van der Waals surface area (Å²) in [5, 5.41) is 11.5. The molecule has 8 nitrogen and oxygen atoms in total. The number of amides is 1. The van der Waals surface area contributed by atoms with E-state index >= 15 is 0 Å². The molecule has 32 heavy (non-hydrogen) atoms. The quantitative estimate of drug-likeness (QED) is 0.432. The number of rotatable bonds is 7. The topological polar surface area (TPSA) is 103 Å². The van der Waals surface area contributed by atoms with E-state index in [4.69, 9.17) is 4.74 Å². The minimum Gasteiger partial charge on any atom is -0.462 e. The number of carbonyl (C=O) groups excluding carboxylic acids is 2. The van der Waals surface area contributed by atoms with Gasteiger partial charge in [0.05, 0.1) is 17.6 Å². The molecule has 1 aliphatic rings. The molecule has 0 unspecified atom stereocenters. The van der Waals surface area contributed by atoms with E-state index in [1.807, 2.05) is 6.92 Å². The average Bonchev–Trinajstić information content (AvgIpc) is 3.14. The Bertz CT molecular complexity index is 1200. The van der Waals surface area contributed by atoms with Gasteiger partial charge in [0.2, 0.25) is 5.91 Å². The summed E-state index contributed by atoms with van der Waals surface area (Å²) in [6, 6.07) is 6.45. The summed E-state index contributed by atoms with van der Waals surface area (Å²) in [6.07, 6.45) is 4.63. The number of hydrogen-bond acceptors (Lipinski definition) is 7. The molecule has 0 aliphatic heterocycles. The van der Waals surface area contributed by atoms with E-state index in [1.54, 1.807) is 24.3 Å². The van der Waals surface area contributed by atoms with Gasteiger partial charge in [-0.05, 0) is 61.4 Å². The zero-order chi connectivity index (χ0) is 22.7. The van der Waals surface area contributed by atoms with Crippen molar-refractivity contribution in [1.82, 2.24) is 15.0 Å². The maximum absolute atomic E-state index is 13.0. The molecule has 1 aliphatic carbocycles. The van der Waals surface area contributed by atoms with E-state index in [2.05, 4.69) is 22.6 Å². The number of hydrogen-bond donors (Lipinski definition) is 1. The molecular weight excluding hydrogens is 428 g/mol. The summed E-state index contributed by atoms with van der Waals surface area (Å²) >= 11 is 1.53. The molecule has 168 valence electrons. The molecule has 1 aromatic carbocycles. The highest BCUT2D eigenvalue weighted by Crippen LogP contribution is 2.35. The van der Waals surface area contributed by atoms with Gasteiger partial charge in [-0.2, -0.15) is 0 Å². The van der Waals surface area contributed by atoms with Gasteiger partial charge in [-0.25, -0.2) is 9.48 Å². The Morgan fingerprint density at radius 1 is 1.28 bits per heavy atom. The average molecular weight is 455 g/mol. The van der Waals surface area contributed by atoms with Crippen LogP contribution in [-0.4, -0.2) is 33.5 Å².